The van der Waals surface area contributed by atoms with Gasteiger partial charge in [-0.3, -0.25) is 14.4 Å². The van der Waals surface area contributed by atoms with E-state index in [2.05, 4.69) is 10.6 Å². The Bertz CT molecular complexity index is 935. The molecule has 0 aromatic heterocycles. The highest BCUT2D eigenvalue weighted by Gasteiger charge is 2.29. The average molecular weight is 498 g/mol. The van der Waals surface area contributed by atoms with E-state index in [1.807, 2.05) is 88.4 Å². The van der Waals surface area contributed by atoms with Crippen molar-refractivity contribution in [1.29, 1.82) is 0 Å². The lowest BCUT2D eigenvalue weighted by atomic mass is 10.00. The number of carbonyl (C=O) groups is 3. The Morgan fingerprint density at radius 2 is 1.23 bits per heavy atom. The van der Waals surface area contributed by atoms with Crippen molar-refractivity contribution in [3.05, 3.63) is 71.8 Å². The maximum Gasteiger partial charge on any atom is 0.243 e. The van der Waals surface area contributed by atoms with Crippen LogP contribution >= 0.6 is 11.8 Å². The lowest BCUT2D eigenvalue weighted by Gasteiger charge is -2.25. The van der Waals surface area contributed by atoms with E-state index in [4.69, 9.17) is 5.73 Å². The van der Waals surface area contributed by atoms with Gasteiger partial charge in [0.25, 0.3) is 0 Å². The molecule has 7 heteroatoms. The predicted molar refractivity (Wildman–Crippen MR) is 144 cm³/mol. The van der Waals surface area contributed by atoms with Gasteiger partial charge in [0.1, 0.15) is 6.04 Å². The van der Waals surface area contributed by atoms with Crippen LogP contribution in [0.4, 0.5) is 0 Å². The molecule has 0 bridgehead atoms. The third-order valence-electron chi connectivity index (χ3n) is 5.51. The fourth-order valence-electron chi connectivity index (χ4n) is 3.73. The van der Waals surface area contributed by atoms with Crippen molar-refractivity contribution < 1.29 is 14.4 Å². The zero-order valence-electron chi connectivity index (χ0n) is 21.2. The van der Waals surface area contributed by atoms with Gasteiger partial charge in [-0.2, -0.15) is 0 Å². The first-order valence-electron chi connectivity index (χ1n) is 12.3. The number of hydrogen-bond donors (Lipinski definition) is 3. The molecule has 2 aromatic rings. The Labute approximate surface area is 213 Å². The lowest BCUT2D eigenvalue weighted by molar-refractivity contribution is -0.131. The van der Waals surface area contributed by atoms with Gasteiger partial charge in [-0.1, -0.05) is 100 Å². The largest absolute Gasteiger partial charge is 0.344 e. The average Bonchev–Trinajstić information content (AvgIpc) is 2.82. The number of rotatable bonds is 13. The van der Waals surface area contributed by atoms with Crippen LogP contribution in [0.15, 0.2) is 60.7 Å². The van der Waals surface area contributed by atoms with Gasteiger partial charge in [-0.15, -0.1) is 0 Å². The molecule has 0 aliphatic heterocycles. The fourth-order valence-corrected chi connectivity index (χ4v) is 4.59. The van der Waals surface area contributed by atoms with Crippen LogP contribution in [0.25, 0.3) is 0 Å². The van der Waals surface area contributed by atoms with Crippen LogP contribution in [0.5, 0.6) is 0 Å². The van der Waals surface area contributed by atoms with Gasteiger partial charge >= 0.3 is 0 Å². The van der Waals surface area contributed by atoms with Crippen molar-refractivity contribution in [3.63, 3.8) is 0 Å². The number of amides is 2. The molecular formula is C28H39N3O3S. The molecule has 3 atom stereocenters. The van der Waals surface area contributed by atoms with E-state index in [0.29, 0.717) is 25.0 Å². The maximum atomic E-state index is 13.2. The molecule has 2 rings (SSSR count). The quantitative estimate of drug-likeness (QED) is 0.387. The number of thioether (sulfide) groups is 1. The molecule has 190 valence electrons. The molecule has 0 aliphatic rings. The highest BCUT2D eigenvalue weighted by molar-refractivity contribution is 8.13. The summed E-state index contributed by atoms with van der Waals surface area (Å²) in [6.07, 6.45) is 1.37. The number of hydrogen-bond acceptors (Lipinski definition) is 5. The van der Waals surface area contributed by atoms with Crippen molar-refractivity contribution in [2.75, 3.05) is 0 Å². The highest BCUT2D eigenvalue weighted by atomic mass is 32.2. The number of nitrogens with one attached hydrogen (secondary N) is 2. The van der Waals surface area contributed by atoms with Crippen LogP contribution in [0.1, 0.15) is 51.7 Å². The monoisotopic (exact) mass is 497 g/mol. The third-order valence-corrected chi connectivity index (χ3v) is 6.55. The maximum absolute atomic E-state index is 13.2. The van der Waals surface area contributed by atoms with E-state index in [1.165, 1.54) is 11.8 Å². The summed E-state index contributed by atoms with van der Waals surface area (Å²) in [7, 11) is 0. The van der Waals surface area contributed by atoms with Crippen molar-refractivity contribution >= 4 is 28.7 Å². The van der Waals surface area contributed by atoms with Crippen molar-refractivity contribution in [1.82, 2.24) is 10.6 Å². The van der Waals surface area contributed by atoms with Gasteiger partial charge in [0.2, 0.25) is 16.9 Å². The highest BCUT2D eigenvalue weighted by Crippen LogP contribution is 2.18. The molecule has 0 heterocycles. The van der Waals surface area contributed by atoms with E-state index in [9.17, 15) is 14.4 Å². The normalized spacial score (nSPS) is 13.8. The van der Waals surface area contributed by atoms with Gasteiger partial charge in [-0.05, 0) is 42.2 Å². The molecule has 0 aliphatic carbocycles. The Kier molecular flexibility index (Phi) is 12.0. The minimum absolute atomic E-state index is 0.0775. The van der Waals surface area contributed by atoms with Crippen LogP contribution in [-0.4, -0.2) is 35.1 Å². The molecule has 0 radical (unpaired) electrons. The Morgan fingerprint density at radius 3 is 1.77 bits per heavy atom. The molecule has 2 amide bonds. The number of nitrogens with two attached hydrogens (primary N) is 1. The first-order valence-corrected chi connectivity index (χ1v) is 13.2. The molecule has 2 aromatic carbocycles. The minimum atomic E-state index is -0.769. The van der Waals surface area contributed by atoms with Crippen LogP contribution in [0, 0.1) is 11.8 Å². The Morgan fingerprint density at radius 1 is 0.743 bits per heavy atom. The molecular weight excluding hydrogens is 458 g/mol. The summed E-state index contributed by atoms with van der Waals surface area (Å²) >= 11 is 1.21. The summed E-state index contributed by atoms with van der Waals surface area (Å²) < 4.78 is 0. The molecule has 0 spiro atoms. The van der Waals surface area contributed by atoms with E-state index < -0.39 is 18.1 Å². The first-order chi connectivity index (χ1) is 16.7. The summed E-state index contributed by atoms with van der Waals surface area (Å²) in [6, 6.07) is 17.2. The van der Waals surface area contributed by atoms with E-state index in [1.54, 1.807) is 0 Å². The molecule has 0 saturated heterocycles. The molecule has 4 N–H and O–H groups in total. The minimum Gasteiger partial charge on any atom is -0.344 e. The second-order valence-corrected chi connectivity index (χ2v) is 10.8. The molecule has 0 fully saturated rings. The predicted octanol–water partition coefficient (Wildman–Crippen LogP) is 4.08. The molecule has 0 saturated carbocycles. The smallest absolute Gasteiger partial charge is 0.243 e. The van der Waals surface area contributed by atoms with Gasteiger partial charge in [0.05, 0.1) is 12.1 Å². The second-order valence-electron chi connectivity index (χ2n) is 9.77. The van der Waals surface area contributed by atoms with Gasteiger partial charge in [0.15, 0.2) is 0 Å². The van der Waals surface area contributed by atoms with Crippen LogP contribution in [-0.2, 0) is 26.6 Å². The van der Waals surface area contributed by atoms with Crippen molar-refractivity contribution in [3.8, 4) is 0 Å². The van der Waals surface area contributed by atoms with Crippen LogP contribution in [0.2, 0.25) is 0 Å². The van der Waals surface area contributed by atoms with Crippen molar-refractivity contribution in [2.24, 2.45) is 17.6 Å². The zero-order valence-corrected chi connectivity index (χ0v) is 22.0. The van der Waals surface area contributed by atoms with Gasteiger partial charge < -0.3 is 16.4 Å². The first kappa shape index (κ1) is 28.6. The summed E-state index contributed by atoms with van der Waals surface area (Å²) in [6.45, 7) is 8.01. The SMILES string of the molecule is CC(C)C[C@H](NC(=O)[C@@H](N)Cc1ccccc1)C(=O)N[C@@H](CC(C)C)C(=O)SCc1ccccc1. The van der Waals surface area contributed by atoms with Crippen LogP contribution in [0.3, 0.4) is 0 Å². The van der Waals surface area contributed by atoms with Gasteiger partial charge in [0, 0.05) is 5.75 Å². The summed E-state index contributed by atoms with van der Waals surface area (Å²) in [4.78, 5) is 39.1. The second kappa shape index (κ2) is 14.7. The summed E-state index contributed by atoms with van der Waals surface area (Å²) in [5, 5.41) is 5.67. The third kappa shape index (κ3) is 10.7. The summed E-state index contributed by atoms with van der Waals surface area (Å²) in [5.74, 6) is 0.213. The Hall–Kier alpha value is -2.64. The van der Waals surface area contributed by atoms with Crippen LogP contribution < -0.4 is 16.4 Å². The summed E-state index contributed by atoms with van der Waals surface area (Å²) in [5.41, 5.74) is 8.15. The topological polar surface area (TPSA) is 101 Å². The molecule has 35 heavy (non-hydrogen) atoms. The fraction of sp³-hybridized carbons (Fsp3) is 0.464. The van der Waals surface area contributed by atoms with E-state index >= 15 is 0 Å². The standard InChI is InChI=1S/C28H39N3O3S/c1-19(2)15-24(30-26(32)23(29)17-21-11-7-5-8-12-21)27(33)31-25(16-20(3)4)28(34)35-18-22-13-9-6-10-14-22/h5-14,19-20,23-25H,15-18,29H2,1-4H3,(H,30,32)(H,31,33)/t23-,24-,25-/m0/s1. The number of benzene rings is 2. The number of carbonyl (C=O) groups excluding carboxylic acids is 3. The van der Waals surface area contributed by atoms with E-state index in [0.717, 1.165) is 11.1 Å². The van der Waals surface area contributed by atoms with Crippen molar-refractivity contribution in [2.45, 2.75) is 70.8 Å². The van der Waals surface area contributed by atoms with E-state index in [-0.39, 0.29) is 28.8 Å². The zero-order chi connectivity index (χ0) is 25.8. The Balaban J connectivity index is 2.04. The molecule has 6 nitrogen and oxygen atoms in total. The lowest BCUT2D eigenvalue weighted by Crippen LogP contribution is -2.55. The van der Waals surface area contributed by atoms with Gasteiger partial charge in [-0.25, -0.2) is 0 Å². The molecule has 0 unspecified atom stereocenters.